The van der Waals surface area contributed by atoms with Crippen molar-refractivity contribution in [2.45, 2.75) is 20.3 Å². The molecule has 0 radical (unpaired) electrons. The third-order valence-corrected chi connectivity index (χ3v) is 4.31. The Labute approximate surface area is 141 Å². The molecule has 5 nitrogen and oxygen atoms in total. The summed E-state index contributed by atoms with van der Waals surface area (Å²) < 4.78 is 24.8. The Balaban J connectivity index is 0.000000647. The maximum atomic E-state index is 12.1. The maximum Gasteiger partial charge on any atom is 0.236 e. The molecule has 2 aromatic rings. The van der Waals surface area contributed by atoms with Crippen LogP contribution in [-0.4, -0.2) is 30.2 Å². The van der Waals surface area contributed by atoms with Crippen molar-refractivity contribution in [1.29, 1.82) is 0 Å². The van der Waals surface area contributed by atoms with Crippen molar-refractivity contribution in [3.8, 4) is 11.1 Å². The molecule has 6 heteroatoms. The van der Waals surface area contributed by atoms with Crippen molar-refractivity contribution in [2.24, 2.45) is 0 Å². The van der Waals surface area contributed by atoms with E-state index >= 15 is 0 Å². The normalized spacial score (nSPS) is 13.3. The summed E-state index contributed by atoms with van der Waals surface area (Å²) in [5, 5.41) is 0. The van der Waals surface area contributed by atoms with Gasteiger partial charge in [0.25, 0.3) is 0 Å². The molecule has 0 aliphatic heterocycles. The van der Waals surface area contributed by atoms with E-state index in [2.05, 4.69) is 13.8 Å². The SMILES string of the molecule is CCC.CS(=O)(=O)n1cc(-c2ccccc2)c2c1C=CC(=O)C2=O. The molecule has 126 valence electrons. The number of Topliss-reactive ketones (excluding diaryl/α,β-unsaturated/α-hetero) is 1. The van der Waals surface area contributed by atoms with Gasteiger partial charge in [0.15, 0.2) is 0 Å². The molecule has 0 saturated carbocycles. The summed E-state index contributed by atoms with van der Waals surface area (Å²) in [6.45, 7) is 4.25. The summed E-state index contributed by atoms with van der Waals surface area (Å²) in [5.74, 6) is -1.33. The summed E-state index contributed by atoms with van der Waals surface area (Å²) in [4.78, 5) is 23.7. The minimum atomic E-state index is -3.57. The van der Waals surface area contributed by atoms with E-state index in [0.29, 0.717) is 11.1 Å². The Morgan fingerprint density at radius 3 is 2.12 bits per heavy atom. The molecule has 1 aromatic heterocycles. The number of carbonyl (C=O) groups is 2. The molecule has 1 aliphatic rings. The number of benzene rings is 1. The average molecular weight is 345 g/mol. The Bertz CT molecular complexity index is 906. The number of hydrogen-bond acceptors (Lipinski definition) is 4. The third-order valence-electron chi connectivity index (χ3n) is 3.29. The minimum Gasteiger partial charge on any atom is -0.286 e. The second-order valence-corrected chi connectivity index (χ2v) is 7.32. The predicted molar refractivity (Wildman–Crippen MR) is 94.4 cm³/mol. The van der Waals surface area contributed by atoms with Crippen LogP contribution in [0.2, 0.25) is 0 Å². The fourth-order valence-electron chi connectivity index (χ4n) is 2.36. The highest BCUT2D eigenvalue weighted by atomic mass is 32.2. The van der Waals surface area contributed by atoms with Crippen LogP contribution in [0.3, 0.4) is 0 Å². The Morgan fingerprint density at radius 1 is 1.00 bits per heavy atom. The average Bonchev–Trinajstić information content (AvgIpc) is 2.93. The fourth-order valence-corrected chi connectivity index (χ4v) is 3.17. The molecule has 3 rings (SSSR count). The van der Waals surface area contributed by atoms with Crippen LogP contribution in [0.25, 0.3) is 17.2 Å². The van der Waals surface area contributed by atoms with Crippen LogP contribution in [0.1, 0.15) is 36.3 Å². The first-order valence-corrected chi connectivity index (χ1v) is 9.44. The first kappa shape index (κ1) is 17.9. The predicted octanol–water partition coefficient (Wildman–Crippen LogP) is 3.16. The topological polar surface area (TPSA) is 73.2 Å². The standard InChI is InChI=1S/C15H11NO4S.C3H8/c1-21(19,20)16-9-11(10-5-3-2-4-6-10)14-12(16)7-8-13(17)15(14)18;1-3-2/h2-9H,1H3;3H2,1-2H3. The zero-order chi connectivity index (χ0) is 17.9. The maximum absolute atomic E-state index is 12.1. The molecule has 0 bridgehead atoms. The van der Waals surface area contributed by atoms with Crippen molar-refractivity contribution in [3.63, 3.8) is 0 Å². The van der Waals surface area contributed by atoms with Gasteiger partial charge in [-0.05, 0) is 17.7 Å². The zero-order valence-corrected chi connectivity index (χ0v) is 14.6. The number of fused-ring (bicyclic) bond motifs is 1. The van der Waals surface area contributed by atoms with E-state index in [1.807, 2.05) is 6.07 Å². The van der Waals surface area contributed by atoms with Gasteiger partial charge in [-0.1, -0.05) is 50.6 Å². The molecule has 1 heterocycles. The van der Waals surface area contributed by atoms with Crippen molar-refractivity contribution in [2.75, 3.05) is 6.26 Å². The minimum absolute atomic E-state index is 0.138. The Hall–Kier alpha value is -2.47. The lowest BCUT2D eigenvalue weighted by molar-refractivity contribution is -0.110. The van der Waals surface area contributed by atoms with Gasteiger partial charge in [0.1, 0.15) is 0 Å². The molecule has 24 heavy (non-hydrogen) atoms. The first-order chi connectivity index (χ1) is 11.3. The van der Waals surface area contributed by atoms with Gasteiger partial charge in [0, 0.05) is 11.8 Å². The first-order valence-electron chi connectivity index (χ1n) is 7.59. The number of carbonyl (C=O) groups excluding carboxylic acids is 2. The van der Waals surface area contributed by atoms with Crippen LogP contribution in [0.5, 0.6) is 0 Å². The molecule has 0 atom stereocenters. The summed E-state index contributed by atoms with van der Waals surface area (Å²) in [6.07, 6.45) is 6.15. The van der Waals surface area contributed by atoms with Gasteiger partial charge in [-0.25, -0.2) is 12.4 Å². The molecule has 0 spiro atoms. The van der Waals surface area contributed by atoms with Crippen molar-refractivity contribution < 1.29 is 18.0 Å². The molecule has 0 fully saturated rings. The molecule has 0 saturated heterocycles. The highest BCUT2D eigenvalue weighted by Crippen LogP contribution is 2.32. The van der Waals surface area contributed by atoms with Crippen molar-refractivity contribution in [3.05, 3.63) is 53.9 Å². The number of rotatable bonds is 2. The summed E-state index contributed by atoms with van der Waals surface area (Å²) in [7, 11) is -3.57. The van der Waals surface area contributed by atoms with Gasteiger partial charge in [-0.15, -0.1) is 0 Å². The zero-order valence-electron chi connectivity index (χ0n) is 13.8. The van der Waals surface area contributed by atoms with Crippen LogP contribution < -0.4 is 0 Å². The van der Waals surface area contributed by atoms with Gasteiger partial charge in [-0.2, -0.15) is 0 Å². The van der Waals surface area contributed by atoms with Crippen LogP contribution >= 0.6 is 0 Å². The molecule has 1 aromatic carbocycles. The van der Waals surface area contributed by atoms with E-state index in [1.165, 1.54) is 18.7 Å². The lowest BCUT2D eigenvalue weighted by Crippen LogP contribution is -2.19. The number of ketones is 2. The molecular formula is C18H19NO4S. The largest absolute Gasteiger partial charge is 0.286 e. The highest BCUT2D eigenvalue weighted by Gasteiger charge is 2.30. The Kier molecular flexibility index (Phi) is 5.19. The third kappa shape index (κ3) is 3.38. The second-order valence-electron chi connectivity index (χ2n) is 5.46. The summed E-state index contributed by atoms with van der Waals surface area (Å²) in [5.41, 5.74) is 1.49. The summed E-state index contributed by atoms with van der Waals surface area (Å²) in [6, 6.07) is 8.90. The van der Waals surface area contributed by atoms with E-state index in [1.54, 1.807) is 24.3 Å². The van der Waals surface area contributed by atoms with Gasteiger partial charge >= 0.3 is 0 Å². The van der Waals surface area contributed by atoms with E-state index in [9.17, 15) is 18.0 Å². The van der Waals surface area contributed by atoms with Gasteiger partial charge in [-0.3, -0.25) is 9.59 Å². The lowest BCUT2D eigenvalue weighted by atomic mass is 9.94. The monoisotopic (exact) mass is 345 g/mol. The van der Waals surface area contributed by atoms with E-state index in [4.69, 9.17) is 0 Å². The lowest BCUT2D eigenvalue weighted by Gasteiger charge is -2.08. The second kappa shape index (κ2) is 6.97. The van der Waals surface area contributed by atoms with Crippen LogP contribution in [0, 0.1) is 0 Å². The number of hydrogen-bond donors (Lipinski definition) is 0. The van der Waals surface area contributed by atoms with Crippen LogP contribution in [0.15, 0.2) is 42.6 Å². The van der Waals surface area contributed by atoms with Crippen molar-refractivity contribution in [1.82, 2.24) is 3.97 Å². The molecule has 0 amide bonds. The molecule has 1 aliphatic carbocycles. The van der Waals surface area contributed by atoms with Crippen LogP contribution in [-0.2, 0) is 14.8 Å². The van der Waals surface area contributed by atoms with Crippen LogP contribution in [0.4, 0.5) is 0 Å². The molecular weight excluding hydrogens is 326 g/mol. The molecule has 0 N–H and O–H groups in total. The quantitative estimate of drug-likeness (QED) is 0.784. The number of aromatic nitrogens is 1. The molecule has 0 unspecified atom stereocenters. The van der Waals surface area contributed by atoms with Gasteiger partial charge in [0.05, 0.1) is 17.5 Å². The highest BCUT2D eigenvalue weighted by molar-refractivity contribution is 7.89. The summed E-state index contributed by atoms with van der Waals surface area (Å²) >= 11 is 0. The van der Waals surface area contributed by atoms with Crippen molar-refractivity contribution >= 4 is 27.7 Å². The number of nitrogens with zero attached hydrogens (tertiary/aromatic N) is 1. The van der Waals surface area contributed by atoms with E-state index < -0.39 is 21.6 Å². The van der Waals surface area contributed by atoms with Gasteiger partial charge in [0.2, 0.25) is 21.6 Å². The number of allylic oxidation sites excluding steroid dienone is 1. The van der Waals surface area contributed by atoms with E-state index in [-0.39, 0.29) is 11.3 Å². The van der Waals surface area contributed by atoms with Gasteiger partial charge < -0.3 is 0 Å². The Morgan fingerprint density at radius 2 is 1.58 bits per heavy atom. The fraction of sp³-hybridized carbons (Fsp3) is 0.222. The smallest absolute Gasteiger partial charge is 0.236 e. The van der Waals surface area contributed by atoms with E-state index in [0.717, 1.165) is 16.3 Å².